The zero-order chi connectivity index (χ0) is 13.2. The van der Waals surface area contributed by atoms with E-state index in [1.54, 1.807) is 0 Å². The third-order valence-electron chi connectivity index (χ3n) is 4.78. The first-order chi connectivity index (χ1) is 9.33. The monoisotopic (exact) mass is 258 g/mol. The molecule has 2 saturated carbocycles. The molecule has 0 aliphatic heterocycles. The van der Waals surface area contributed by atoms with Crippen molar-refractivity contribution >= 4 is 5.71 Å². The summed E-state index contributed by atoms with van der Waals surface area (Å²) in [5.41, 5.74) is 2.37. The van der Waals surface area contributed by atoms with Crippen LogP contribution >= 0.6 is 0 Å². The standard InChI is InChI=1S/C16H22N2O/c1-2-18(11-12-6-4-3-5-7-12)16-14-9-8-13(10-14)15(16)17-19/h3-7,13-14,16,19H,2,8-11H2,1H3/b17-15-/t13-,14+,16+/m0/s1. The summed E-state index contributed by atoms with van der Waals surface area (Å²) < 4.78 is 0. The maximum atomic E-state index is 9.33. The van der Waals surface area contributed by atoms with Gasteiger partial charge in [0.2, 0.25) is 0 Å². The van der Waals surface area contributed by atoms with Gasteiger partial charge in [-0.05, 0) is 37.3 Å². The molecule has 3 heteroatoms. The molecule has 1 aromatic rings. The third kappa shape index (κ3) is 2.27. The van der Waals surface area contributed by atoms with E-state index in [0.717, 1.165) is 18.8 Å². The number of benzene rings is 1. The van der Waals surface area contributed by atoms with Crippen LogP contribution in [-0.4, -0.2) is 28.4 Å². The van der Waals surface area contributed by atoms with Crippen molar-refractivity contribution in [2.24, 2.45) is 17.0 Å². The number of hydrogen-bond acceptors (Lipinski definition) is 3. The maximum absolute atomic E-state index is 9.33. The Morgan fingerprint density at radius 2 is 2.05 bits per heavy atom. The molecule has 3 rings (SSSR count). The van der Waals surface area contributed by atoms with Crippen molar-refractivity contribution in [3.8, 4) is 0 Å². The van der Waals surface area contributed by atoms with Crippen molar-refractivity contribution in [3.63, 3.8) is 0 Å². The van der Waals surface area contributed by atoms with Crippen LogP contribution in [0.4, 0.5) is 0 Å². The highest BCUT2D eigenvalue weighted by molar-refractivity contribution is 5.94. The third-order valence-corrected chi connectivity index (χ3v) is 4.78. The van der Waals surface area contributed by atoms with Crippen LogP contribution in [0.3, 0.4) is 0 Å². The Bertz CT molecular complexity index is 457. The zero-order valence-corrected chi connectivity index (χ0v) is 11.5. The Hall–Kier alpha value is -1.35. The summed E-state index contributed by atoms with van der Waals surface area (Å²) in [5.74, 6) is 1.23. The second-order valence-electron chi connectivity index (χ2n) is 5.79. The molecule has 1 N–H and O–H groups in total. The molecule has 0 amide bonds. The number of fused-ring (bicyclic) bond motifs is 2. The van der Waals surface area contributed by atoms with E-state index in [1.165, 1.54) is 24.8 Å². The molecule has 3 nitrogen and oxygen atoms in total. The predicted octanol–water partition coefficient (Wildman–Crippen LogP) is 3.14. The summed E-state index contributed by atoms with van der Waals surface area (Å²) >= 11 is 0. The normalized spacial score (nSPS) is 31.5. The van der Waals surface area contributed by atoms with Gasteiger partial charge in [-0.1, -0.05) is 42.4 Å². The van der Waals surface area contributed by atoms with Gasteiger partial charge in [-0.15, -0.1) is 0 Å². The van der Waals surface area contributed by atoms with Gasteiger partial charge in [0.25, 0.3) is 0 Å². The SMILES string of the molecule is CCN(Cc1ccccc1)[C@H]1/C(=N\O)[C@H]2CC[C@@H]1C2. The lowest BCUT2D eigenvalue weighted by Crippen LogP contribution is -2.44. The molecule has 0 unspecified atom stereocenters. The first-order valence-electron chi connectivity index (χ1n) is 7.33. The van der Waals surface area contributed by atoms with Crippen LogP contribution < -0.4 is 0 Å². The Balaban J connectivity index is 1.79. The molecule has 0 spiro atoms. The molecule has 102 valence electrons. The van der Waals surface area contributed by atoms with E-state index < -0.39 is 0 Å². The van der Waals surface area contributed by atoms with Crippen LogP contribution in [0.1, 0.15) is 31.7 Å². The van der Waals surface area contributed by atoms with Crippen molar-refractivity contribution in [1.82, 2.24) is 4.90 Å². The molecule has 2 bridgehead atoms. The summed E-state index contributed by atoms with van der Waals surface area (Å²) in [6.45, 7) is 4.15. The molecule has 1 aromatic carbocycles. The molecule has 0 aromatic heterocycles. The van der Waals surface area contributed by atoms with Crippen LogP contribution in [0, 0.1) is 11.8 Å². The van der Waals surface area contributed by atoms with Gasteiger partial charge >= 0.3 is 0 Å². The first-order valence-corrected chi connectivity index (χ1v) is 7.33. The van der Waals surface area contributed by atoms with Crippen molar-refractivity contribution in [2.45, 2.75) is 38.8 Å². The fourth-order valence-corrected chi connectivity index (χ4v) is 3.91. The van der Waals surface area contributed by atoms with Crippen LogP contribution in [0.2, 0.25) is 0 Å². The quantitative estimate of drug-likeness (QED) is 0.665. The lowest BCUT2D eigenvalue weighted by molar-refractivity contribution is 0.192. The highest BCUT2D eigenvalue weighted by Gasteiger charge is 2.47. The van der Waals surface area contributed by atoms with Crippen molar-refractivity contribution in [3.05, 3.63) is 35.9 Å². The van der Waals surface area contributed by atoms with Gasteiger partial charge in [0.05, 0.1) is 11.8 Å². The summed E-state index contributed by atoms with van der Waals surface area (Å²) in [6.07, 6.45) is 3.72. The Morgan fingerprint density at radius 1 is 1.26 bits per heavy atom. The minimum absolute atomic E-state index is 0.356. The van der Waals surface area contributed by atoms with Gasteiger partial charge in [0.1, 0.15) is 0 Å². The highest BCUT2D eigenvalue weighted by Crippen LogP contribution is 2.45. The van der Waals surface area contributed by atoms with E-state index in [4.69, 9.17) is 0 Å². The van der Waals surface area contributed by atoms with Crippen LogP contribution in [0.5, 0.6) is 0 Å². The summed E-state index contributed by atoms with van der Waals surface area (Å²) in [4.78, 5) is 2.47. The minimum atomic E-state index is 0.356. The molecule has 0 radical (unpaired) electrons. The number of hydrogen-bond donors (Lipinski definition) is 1. The average molecular weight is 258 g/mol. The molecule has 3 atom stereocenters. The van der Waals surface area contributed by atoms with Crippen molar-refractivity contribution in [2.75, 3.05) is 6.54 Å². The van der Waals surface area contributed by atoms with Gasteiger partial charge in [0.15, 0.2) is 0 Å². The number of rotatable bonds is 4. The molecular formula is C16H22N2O. The molecule has 2 aliphatic carbocycles. The van der Waals surface area contributed by atoms with Gasteiger partial charge in [0, 0.05) is 12.5 Å². The molecule has 2 fully saturated rings. The van der Waals surface area contributed by atoms with Crippen molar-refractivity contribution < 1.29 is 5.21 Å². The molecular weight excluding hydrogens is 236 g/mol. The average Bonchev–Trinajstić information content (AvgIpc) is 3.06. The van der Waals surface area contributed by atoms with Crippen LogP contribution in [0.15, 0.2) is 35.5 Å². The van der Waals surface area contributed by atoms with Gasteiger partial charge < -0.3 is 5.21 Å². The van der Waals surface area contributed by atoms with E-state index in [9.17, 15) is 5.21 Å². The number of oxime groups is 1. The topological polar surface area (TPSA) is 35.8 Å². The van der Waals surface area contributed by atoms with Crippen LogP contribution in [0.25, 0.3) is 0 Å². The van der Waals surface area contributed by atoms with Crippen LogP contribution in [-0.2, 0) is 6.54 Å². The Labute approximate surface area is 114 Å². The van der Waals surface area contributed by atoms with E-state index in [2.05, 4.69) is 47.3 Å². The Morgan fingerprint density at radius 3 is 2.74 bits per heavy atom. The second kappa shape index (κ2) is 5.33. The minimum Gasteiger partial charge on any atom is -0.411 e. The van der Waals surface area contributed by atoms with Gasteiger partial charge in [-0.2, -0.15) is 0 Å². The van der Waals surface area contributed by atoms with Gasteiger partial charge in [-0.3, -0.25) is 4.90 Å². The lowest BCUT2D eigenvalue weighted by atomic mass is 9.91. The fraction of sp³-hybridized carbons (Fsp3) is 0.562. The molecule has 0 heterocycles. The molecule has 2 aliphatic rings. The van der Waals surface area contributed by atoms with E-state index in [1.807, 2.05) is 0 Å². The highest BCUT2D eigenvalue weighted by atomic mass is 16.4. The van der Waals surface area contributed by atoms with E-state index in [-0.39, 0.29) is 0 Å². The second-order valence-corrected chi connectivity index (χ2v) is 5.79. The summed E-state index contributed by atoms with van der Waals surface area (Å²) in [6, 6.07) is 10.9. The molecule has 0 saturated heterocycles. The smallest absolute Gasteiger partial charge is 0.0775 e. The van der Waals surface area contributed by atoms with E-state index in [0.29, 0.717) is 17.9 Å². The fourth-order valence-electron chi connectivity index (χ4n) is 3.91. The largest absolute Gasteiger partial charge is 0.411 e. The lowest BCUT2D eigenvalue weighted by Gasteiger charge is -2.34. The first kappa shape index (κ1) is 12.7. The summed E-state index contributed by atoms with van der Waals surface area (Å²) in [7, 11) is 0. The van der Waals surface area contributed by atoms with Gasteiger partial charge in [-0.25, -0.2) is 0 Å². The van der Waals surface area contributed by atoms with Crippen molar-refractivity contribution in [1.29, 1.82) is 0 Å². The summed E-state index contributed by atoms with van der Waals surface area (Å²) in [5, 5.41) is 13.0. The predicted molar refractivity (Wildman–Crippen MR) is 76.4 cm³/mol. The Kier molecular flexibility index (Phi) is 3.56. The number of nitrogens with zero attached hydrogens (tertiary/aromatic N) is 2. The zero-order valence-electron chi connectivity index (χ0n) is 11.5. The van der Waals surface area contributed by atoms with E-state index >= 15 is 0 Å². The molecule has 19 heavy (non-hydrogen) atoms. The maximum Gasteiger partial charge on any atom is 0.0775 e.